The Bertz CT molecular complexity index is 261. The molecule has 1 heterocycles. The maximum atomic E-state index is 12.1. The van der Waals surface area contributed by atoms with Gasteiger partial charge in [-0.25, -0.2) is 4.79 Å². The number of rotatable bonds is 1. The van der Waals surface area contributed by atoms with Gasteiger partial charge in [0, 0.05) is 33.2 Å². The van der Waals surface area contributed by atoms with Crippen molar-refractivity contribution < 1.29 is 4.79 Å². The van der Waals surface area contributed by atoms with Crippen LogP contribution in [0.5, 0.6) is 0 Å². The molecule has 1 saturated heterocycles. The van der Waals surface area contributed by atoms with Crippen LogP contribution in [-0.2, 0) is 0 Å². The van der Waals surface area contributed by atoms with E-state index in [0.717, 1.165) is 13.1 Å². The predicted molar refractivity (Wildman–Crippen MR) is 66.5 cm³/mol. The summed E-state index contributed by atoms with van der Waals surface area (Å²) in [4.78, 5) is 15.7. The topological polar surface area (TPSA) is 35.6 Å². The fourth-order valence-corrected chi connectivity index (χ4v) is 2.01. The van der Waals surface area contributed by atoms with Crippen LogP contribution in [0, 0.1) is 5.92 Å². The van der Waals surface area contributed by atoms with E-state index >= 15 is 0 Å². The molecule has 0 aromatic carbocycles. The average Bonchev–Trinajstić information content (AvgIpc) is 2.15. The van der Waals surface area contributed by atoms with E-state index in [1.54, 1.807) is 4.90 Å². The van der Waals surface area contributed by atoms with E-state index in [-0.39, 0.29) is 11.6 Å². The quantitative estimate of drug-likeness (QED) is 0.734. The Hall–Kier alpha value is -0.770. The molecule has 1 atom stereocenters. The first kappa shape index (κ1) is 13.3. The number of nitrogens with one attached hydrogen (secondary N) is 1. The molecule has 1 rings (SSSR count). The second kappa shape index (κ2) is 4.62. The van der Waals surface area contributed by atoms with Gasteiger partial charge in [0.15, 0.2) is 0 Å². The number of carbonyl (C=O) groups is 1. The first-order valence-electron chi connectivity index (χ1n) is 5.98. The van der Waals surface area contributed by atoms with Gasteiger partial charge >= 0.3 is 6.03 Å². The molecule has 1 unspecified atom stereocenters. The molecule has 0 spiro atoms. The van der Waals surface area contributed by atoms with Gasteiger partial charge < -0.3 is 15.1 Å². The Morgan fingerprint density at radius 3 is 2.44 bits per heavy atom. The number of piperazine rings is 1. The summed E-state index contributed by atoms with van der Waals surface area (Å²) in [7, 11) is 3.62. The molecule has 1 N–H and O–H groups in total. The van der Waals surface area contributed by atoms with E-state index in [1.165, 1.54) is 0 Å². The van der Waals surface area contributed by atoms with Gasteiger partial charge in [-0.05, 0) is 19.8 Å². The third-order valence-corrected chi connectivity index (χ3v) is 3.33. The number of urea groups is 1. The van der Waals surface area contributed by atoms with Crippen molar-refractivity contribution in [1.82, 2.24) is 15.1 Å². The van der Waals surface area contributed by atoms with Crippen molar-refractivity contribution >= 4 is 6.03 Å². The minimum Gasteiger partial charge on any atom is -0.331 e. The zero-order chi connectivity index (χ0) is 12.5. The van der Waals surface area contributed by atoms with Crippen molar-refractivity contribution in [2.45, 2.75) is 39.3 Å². The van der Waals surface area contributed by atoms with Crippen LogP contribution < -0.4 is 5.32 Å². The maximum Gasteiger partial charge on any atom is 0.320 e. The number of amides is 2. The SMILES string of the molecule is CC(C)C1CN(C(=O)N(C)C)C(C)(C)CN1. The number of carbonyl (C=O) groups excluding carboxylic acids is 1. The van der Waals surface area contributed by atoms with Crippen molar-refractivity contribution in [2.75, 3.05) is 27.2 Å². The summed E-state index contributed by atoms with van der Waals surface area (Å²) in [6, 6.07) is 0.508. The van der Waals surface area contributed by atoms with Crippen molar-refractivity contribution in [3.63, 3.8) is 0 Å². The lowest BCUT2D eigenvalue weighted by Gasteiger charge is -2.47. The summed E-state index contributed by atoms with van der Waals surface area (Å²) < 4.78 is 0. The Balaban J connectivity index is 2.80. The average molecular weight is 227 g/mol. The highest BCUT2D eigenvalue weighted by molar-refractivity contribution is 5.75. The van der Waals surface area contributed by atoms with Gasteiger partial charge in [-0.1, -0.05) is 13.8 Å². The number of nitrogens with zero attached hydrogens (tertiary/aromatic N) is 2. The lowest BCUT2D eigenvalue weighted by Crippen LogP contribution is -2.66. The largest absolute Gasteiger partial charge is 0.331 e. The highest BCUT2D eigenvalue weighted by Gasteiger charge is 2.38. The van der Waals surface area contributed by atoms with Gasteiger partial charge in [-0.2, -0.15) is 0 Å². The fraction of sp³-hybridized carbons (Fsp3) is 0.917. The van der Waals surface area contributed by atoms with Crippen LogP contribution >= 0.6 is 0 Å². The summed E-state index contributed by atoms with van der Waals surface area (Å²) in [6.45, 7) is 10.2. The lowest BCUT2D eigenvalue weighted by molar-refractivity contribution is 0.0681. The monoisotopic (exact) mass is 227 g/mol. The Labute approximate surface area is 99.0 Å². The summed E-state index contributed by atoms with van der Waals surface area (Å²) in [5.41, 5.74) is -0.104. The standard InChI is InChI=1S/C12H25N3O/c1-9(2)10-7-15(11(16)14(5)6)12(3,4)8-13-10/h9-10,13H,7-8H2,1-6H3. The molecule has 16 heavy (non-hydrogen) atoms. The molecule has 4 nitrogen and oxygen atoms in total. The highest BCUT2D eigenvalue weighted by atomic mass is 16.2. The minimum atomic E-state index is -0.104. The molecule has 0 bridgehead atoms. The van der Waals surface area contributed by atoms with Crippen LogP contribution in [0.15, 0.2) is 0 Å². The smallest absolute Gasteiger partial charge is 0.320 e. The summed E-state index contributed by atoms with van der Waals surface area (Å²) in [5.74, 6) is 0.550. The molecule has 0 saturated carbocycles. The molecular weight excluding hydrogens is 202 g/mol. The normalized spacial score (nSPS) is 24.7. The molecule has 0 radical (unpaired) electrons. The van der Waals surface area contributed by atoms with E-state index in [1.807, 2.05) is 19.0 Å². The Morgan fingerprint density at radius 1 is 1.44 bits per heavy atom. The number of hydrogen-bond donors (Lipinski definition) is 1. The molecule has 1 aliphatic heterocycles. The van der Waals surface area contributed by atoms with Crippen LogP contribution in [0.2, 0.25) is 0 Å². The van der Waals surface area contributed by atoms with Crippen LogP contribution in [0.3, 0.4) is 0 Å². The van der Waals surface area contributed by atoms with Gasteiger partial charge in [-0.3, -0.25) is 0 Å². The van der Waals surface area contributed by atoms with E-state index in [2.05, 4.69) is 33.0 Å². The lowest BCUT2D eigenvalue weighted by atomic mass is 9.93. The minimum absolute atomic E-state index is 0.104. The van der Waals surface area contributed by atoms with Crippen molar-refractivity contribution in [3.05, 3.63) is 0 Å². The first-order chi connectivity index (χ1) is 7.25. The number of hydrogen-bond acceptors (Lipinski definition) is 2. The Morgan fingerprint density at radius 2 is 2.00 bits per heavy atom. The Kier molecular flexibility index (Phi) is 3.84. The second-order valence-electron chi connectivity index (χ2n) is 5.83. The predicted octanol–water partition coefficient (Wildman–Crippen LogP) is 1.38. The molecule has 1 aliphatic rings. The second-order valence-corrected chi connectivity index (χ2v) is 5.83. The third kappa shape index (κ3) is 2.67. The van der Waals surface area contributed by atoms with Gasteiger partial charge in [0.1, 0.15) is 0 Å². The maximum absolute atomic E-state index is 12.1. The highest BCUT2D eigenvalue weighted by Crippen LogP contribution is 2.22. The third-order valence-electron chi connectivity index (χ3n) is 3.33. The molecule has 0 aromatic heterocycles. The summed E-state index contributed by atoms with van der Waals surface area (Å²) in [6.07, 6.45) is 0. The molecular formula is C12H25N3O. The summed E-state index contributed by atoms with van der Waals surface area (Å²) >= 11 is 0. The van der Waals surface area contributed by atoms with E-state index in [9.17, 15) is 4.79 Å². The molecule has 4 heteroatoms. The molecule has 0 aliphatic carbocycles. The van der Waals surface area contributed by atoms with E-state index in [4.69, 9.17) is 0 Å². The van der Waals surface area contributed by atoms with Gasteiger partial charge in [0.05, 0.1) is 5.54 Å². The van der Waals surface area contributed by atoms with Gasteiger partial charge in [-0.15, -0.1) is 0 Å². The fourth-order valence-electron chi connectivity index (χ4n) is 2.01. The van der Waals surface area contributed by atoms with Crippen LogP contribution in [0.4, 0.5) is 4.79 Å². The molecule has 1 fully saturated rings. The zero-order valence-electron chi connectivity index (χ0n) is 11.4. The van der Waals surface area contributed by atoms with Crippen LogP contribution in [0.25, 0.3) is 0 Å². The molecule has 94 valence electrons. The van der Waals surface area contributed by atoms with Crippen LogP contribution in [-0.4, -0.2) is 54.6 Å². The van der Waals surface area contributed by atoms with Crippen molar-refractivity contribution in [2.24, 2.45) is 5.92 Å². The van der Waals surface area contributed by atoms with Crippen LogP contribution in [0.1, 0.15) is 27.7 Å². The molecule has 0 aromatic rings. The van der Waals surface area contributed by atoms with E-state index < -0.39 is 0 Å². The van der Waals surface area contributed by atoms with E-state index in [0.29, 0.717) is 12.0 Å². The van der Waals surface area contributed by atoms with Gasteiger partial charge in [0.2, 0.25) is 0 Å². The zero-order valence-corrected chi connectivity index (χ0v) is 11.4. The summed E-state index contributed by atoms with van der Waals surface area (Å²) in [5, 5.41) is 3.52. The van der Waals surface area contributed by atoms with Gasteiger partial charge in [0.25, 0.3) is 0 Å². The molecule has 2 amide bonds. The van der Waals surface area contributed by atoms with Crippen molar-refractivity contribution in [3.8, 4) is 0 Å². The van der Waals surface area contributed by atoms with Crippen molar-refractivity contribution in [1.29, 1.82) is 0 Å². The first-order valence-corrected chi connectivity index (χ1v) is 5.98.